The standard InChI is InChI=1S/C30H53N3O6/c1-8-9-13-32-30(36)25(21(4)5)18-27(34)26(31)16-22(20(2)3)19-33-29(35)24-12-11-23(38-7)17-28(24)39-15-10-14-37-6/h11-12,17,20-22,25-27,34H,8-10,13-16,18-19,31H2,1-7H3,(H,32,36)(H,33,35). The molecule has 4 unspecified atom stereocenters. The molecule has 0 fully saturated rings. The fraction of sp³-hybridized carbons (Fsp3) is 0.733. The van der Waals surface area contributed by atoms with Crippen LogP contribution in [0.2, 0.25) is 0 Å². The van der Waals surface area contributed by atoms with E-state index in [9.17, 15) is 14.7 Å². The van der Waals surface area contributed by atoms with Crippen molar-refractivity contribution in [1.82, 2.24) is 10.6 Å². The van der Waals surface area contributed by atoms with Gasteiger partial charge in [-0.3, -0.25) is 9.59 Å². The van der Waals surface area contributed by atoms with Crippen molar-refractivity contribution >= 4 is 11.8 Å². The number of nitrogens with one attached hydrogen (secondary N) is 2. The van der Waals surface area contributed by atoms with Crippen LogP contribution in [-0.2, 0) is 9.53 Å². The van der Waals surface area contributed by atoms with Crippen LogP contribution in [0.4, 0.5) is 0 Å². The Labute approximate surface area is 235 Å². The lowest BCUT2D eigenvalue weighted by atomic mass is 9.83. The smallest absolute Gasteiger partial charge is 0.255 e. The van der Waals surface area contributed by atoms with E-state index in [0.29, 0.717) is 62.6 Å². The molecule has 0 bridgehead atoms. The molecule has 0 saturated carbocycles. The van der Waals surface area contributed by atoms with E-state index in [2.05, 4.69) is 31.4 Å². The fourth-order valence-corrected chi connectivity index (χ4v) is 4.38. The van der Waals surface area contributed by atoms with E-state index in [0.717, 1.165) is 12.8 Å². The highest BCUT2D eigenvalue weighted by Crippen LogP contribution is 2.26. The van der Waals surface area contributed by atoms with Gasteiger partial charge in [-0.2, -0.15) is 0 Å². The molecule has 0 saturated heterocycles. The Balaban J connectivity index is 2.80. The van der Waals surface area contributed by atoms with Gasteiger partial charge in [0.2, 0.25) is 5.91 Å². The monoisotopic (exact) mass is 551 g/mol. The minimum Gasteiger partial charge on any atom is -0.497 e. The molecule has 0 aliphatic rings. The molecule has 9 heteroatoms. The van der Waals surface area contributed by atoms with Gasteiger partial charge in [0.15, 0.2) is 0 Å². The molecule has 39 heavy (non-hydrogen) atoms. The number of carbonyl (C=O) groups is 2. The summed E-state index contributed by atoms with van der Waals surface area (Å²) in [7, 11) is 3.20. The third kappa shape index (κ3) is 12.6. The molecule has 1 rings (SSSR count). The van der Waals surface area contributed by atoms with Gasteiger partial charge in [-0.15, -0.1) is 0 Å². The van der Waals surface area contributed by atoms with Crippen LogP contribution in [0.5, 0.6) is 11.5 Å². The molecule has 1 aromatic carbocycles. The number of hydrogen-bond donors (Lipinski definition) is 4. The summed E-state index contributed by atoms with van der Waals surface area (Å²) in [5.41, 5.74) is 6.87. The van der Waals surface area contributed by atoms with Crippen LogP contribution >= 0.6 is 0 Å². The number of aliphatic hydroxyl groups is 1. The van der Waals surface area contributed by atoms with E-state index in [-0.39, 0.29) is 35.5 Å². The minimum atomic E-state index is -0.819. The molecule has 0 radical (unpaired) electrons. The number of hydrogen-bond acceptors (Lipinski definition) is 7. The molecule has 224 valence electrons. The Kier molecular flexibility index (Phi) is 16.7. The number of ether oxygens (including phenoxy) is 3. The summed E-state index contributed by atoms with van der Waals surface area (Å²) in [6.07, 6.45) is 2.64. The van der Waals surface area contributed by atoms with Crippen molar-refractivity contribution in [3.8, 4) is 11.5 Å². The Morgan fingerprint density at radius 2 is 1.72 bits per heavy atom. The predicted octanol–water partition coefficient (Wildman–Crippen LogP) is 3.77. The summed E-state index contributed by atoms with van der Waals surface area (Å²) in [4.78, 5) is 25.8. The topological polar surface area (TPSA) is 132 Å². The largest absolute Gasteiger partial charge is 0.497 e. The molecule has 0 spiro atoms. The van der Waals surface area contributed by atoms with Crippen LogP contribution in [0.25, 0.3) is 0 Å². The van der Waals surface area contributed by atoms with Gasteiger partial charge in [-0.1, -0.05) is 41.0 Å². The Bertz CT molecular complexity index is 848. The van der Waals surface area contributed by atoms with Crippen LogP contribution in [0.3, 0.4) is 0 Å². The Morgan fingerprint density at radius 1 is 1.00 bits per heavy atom. The Morgan fingerprint density at radius 3 is 2.31 bits per heavy atom. The number of amides is 2. The van der Waals surface area contributed by atoms with Crippen molar-refractivity contribution in [3.63, 3.8) is 0 Å². The normalized spacial score (nSPS) is 14.5. The van der Waals surface area contributed by atoms with E-state index >= 15 is 0 Å². The first-order valence-electron chi connectivity index (χ1n) is 14.3. The van der Waals surface area contributed by atoms with Crippen LogP contribution in [-0.4, -0.2) is 69.6 Å². The van der Waals surface area contributed by atoms with E-state index in [1.807, 2.05) is 13.8 Å². The third-order valence-corrected chi connectivity index (χ3v) is 7.19. The van der Waals surface area contributed by atoms with Gasteiger partial charge in [0.25, 0.3) is 5.91 Å². The van der Waals surface area contributed by atoms with Gasteiger partial charge in [-0.05, 0) is 49.1 Å². The number of aliphatic hydroxyl groups excluding tert-OH is 1. The summed E-state index contributed by atoms with van der Waals surface area (Å²) >= 11 is 0. The van der Waals surface area contributed by atoms with Crippen molar-refractivity contribution in [1.29, 1.82) is 0 Å². The highest BCUT2D eigenvalue weighted by Gasteiger charge is 2.29. The van der Waals surface area contributed by atoms with Crippen LogP contribution in [0.1, 0.15) is 77.1 Å². The van der Waals surface area contributed by atoms with Crippen molar-refractivity contribution in [2.75, 3.05) is 40.5 Å². The second-order valence-electron chi connectivity index (χ2n) is 11.0. The average molecular weight is 552 g/mol. The first kappa shape index (κ1) is 34.7. The predicted molar refractivity (Wildman–Crippen MR) is 155 cm³/mol. The Hall–Kier alpha value is -2.36. The summed E-state index contributed by atoms with van der Waals surface area (Å²) in [6.45, 7) is 12.2. The summed E-state index contributed by atoms with van der Waals surface area (Å²) in [5, 5.41) is 16.9. The third-order valence-electron chi connectivity index (χ3n) is 7.19. The summed E-state index contributed by atoms with van der Waals surface area (Å²) in [6, 6.07) is 4.61. The maximum atomic E-state index is 13.1. The SMILES string of the molecule is CCCCNC(=O)C(CC(O)C(N)CC(CNC(=O)c1ccc(OC)cc1OCCCOC)C(C)C)C(C)C. The number of benzene rings is 1. The first-order valence-corrected chi connectivity index (χ1v) is 14.3. The van der Waals surface area contributed by atoms with Gasteiger partial charge in [-0.25, -0.2) is 0 Å². The molecule has 5 N–H and O–H groups in total. The van der Waals surface area contributed by atoms with Crippen LogP contribution in [0.15, 0.2) is 18.2 Å². The van der Waals surface area contributed by atoms with Gasteiger partial charge in [0.05, 0.1) is 25.4 Å². The van der Waals surface area contributed by atoms with Gasteiger partial charge in [0.1, 0.15) is 11.5 Å². The fourth-order valence-electron chi connectivity index (χ4n) is 4.38. The first-order chi connectivity index (χ1) is 18.5. The van der Waals surface area contributed by atoms with Crippen molar-refractivity contribution in [3.05, 3.63) is 23.8 Å². The van der Waals surface area contributed by atoms with Gasteiger partial charge in [0, 0.05) is 51.3 Å². The van der Waals surface area contributed by atoms with E-state index in [1.54, 1.807) is 32.4 Å². The van der Waals surface area contributed by atoms with E-state index < -0.39 is 12.1 Å². The van der Waals surface area contributed by atoms with Crippen molar-refractivity contribution < 1.29 is 28.9 Å². The summed E-state index contributed by atoms with van der Waals surface area (Å²) < 4.78 is 16.2. The maximum Gasteiger partial charge on any atom is 0.255 e. The van der Waals surface area contributed by atoms with E-state index in [4.69, 9.17) is 19.9 Å². The second kappa shape index (κ2) is 18.8. The maximum absolute atomic E-state index is 13.1. The molecule has 0 heterocycles. The lowest BCUT2D eigenvalue weighted by Gasteiger charge is -2.30. The van der Waals surface area contributed by atoms with Crippen molar-refractivity contribution in [2.45, 2.75) is 78.9 Å². The van der Waals surface area contributed by atoms with Crippen LogP contribution in [0, 0.1) is 23.7 Å². The number of nitrogens with two attached hydrogens (primary N) is 1. The number of rotatable bonds is 20. The van der Waals surface area contributed by atoms with Gasteiger partial charge < -0.3 is 35.7 Å². The lowest BCUT2D eigenvalue weighted by molar-refractivity contribution is -0.127. The highest BCUT2D eigenvalue weighted by atomic mass is 16.5. The molecule has 9 nitrogen and oxygen atoms in total. The zero-order chi connectivity index (χ0) is 29.4. The van der Waals surface area contributed by atoms with Crippen molar-refractivity contribution in [2.24, 2.45) is 29.4 Å². The summed E-state index contributed by atoms with van der Waals surface area (Å²) in [5.74, 6) is 0.822. The average Bonchev–Trinajstić information content (AvgIpc) is 2.91. The molecule has 0 aromatic heterocycles. The quantitative estimate of drug-likeness (QED) is 0.181. The molecule has 1 aromatic rings. The number of methoxy groups -OCH3 is 2. The van der Waals surface area contributed by atoms with E-state index in [1.165, 1.54) is 0 Å². The zero-order valence-electron chi connectivity index (χ0n) is 25.1. The number of unbranched alkanes of at least 4 members (excludes halogenated alkanes) is 1. The highest BCUT2D eigenvalue weighted by molar-refractivity contribution is 5.97. The second-order valence-corrected chi connectivity index (χ2v) is 11.0. The lowest BCUT2D eigenvalue weighted by Crippen LogP contribution is -2.44. The minimum absolute atomic E-state index is 0.0305. The number of carbonyl (C=O) groups excluding carboxylic acids is 2. The molecule has 2 amide bonds. The van der Waals surface area contributed by atoms with Gasteiger partial charge >= 0.3 is 0 Å². The molecule has 0 aliphatic heterocycles. The molecule has 0 aliphatic carbocycles. The molecular weight excluding hydrogens is 498 g/mol. The molecule has 4 atom stereocenters. The van der Waals surface area contributed by atoms with Crippen LogP contribution < -0.4 is 25.8 Å². The molecular formula is C30H53N3O6. The zero-order valence-corrected chi connectivity index (χ0v) is 25.1.